The van der Waals surface area contributed by atoms with Gasteiger partial charge in [0.25, 0.3) is 0 Å². The zero-order chi connectivity index (χ0) is 21.6. The predicted molar refractivity (Wildman–Crippen MR) is 108 cm³/mol. The third kappa shape index (κ3) is 3.56. The second-order valence-corrected chi connectivity index (χ2v) is 7.90. The highest BCUT2D eigenvalue weighted by Gasteiger charge is 2.37. The molecule has 6 nitrogen and oxygen atoms in total. The average Bonchev–Trinajstić information content (AvgIpc) is 2.69. The van der Waals surface area contributed by atoms with E-state index in [1.165, 1.54) is 24.1 Å². The van der Waals surface area contributed by atoms with E-state index in [-0.39, 0.29) is 40.7 Å². The molecule has 4 rings (SSSR count). The lowest BCUT2D eigenvalue weighted by Gasteiger charge is -2.40. The summed E-state index contributed by atoms with van der Waals surface area (Å²) in [6, 6.07) is 5.32. The van der Waals surface area contributed by atoms with Crippen LogP contribution in [-0.2, 0) is 11.2 Å². The van der Waals surface area contributed by atoms with E-state index in [0.29, 0.717) is 12.1 Å². The van der Waals surface area contributed by atoms with Crippen LogP contribution in [0, 0.1) is 11.6 Å². The van der Waals surface area contributed by atoms with Crippen LogP contribution >= 0.6 is 11.6 Å². The number of carbonyl (C=O) groups is 2. The molecule has 2 aromatic carbocycles. The number of nitrogens with zero attached hydrogens (tertiary/aromatic N) is 2. The fourth-order valence-electron chi connectivity index (χ4n) is 3.70. The molecule has 0 saturated carbocycles. The van der Waals surface area contributed by atoms with Crippen molar-refractivity contribution in [2.24, 2.45) is 0 Å². The highest BCUT2D eigenvalue weighted by atomic mass is 35.5. The molecule has 158 valence electrons. The van der Waals surface area contributed by atoms with Crippen molar-refractivity contribution < 1.29 is 23.1 Å². The minimum absolute atomic E-state index is 0.0630. The summed E-state index contributed by atoms with van der Waals surface area (Å²) in [5, 5.41) is 2.87. The molecule has 0 spiro atoms. The highest BCUT2D eigenvalue weighted by molar-refractivity contribution is 6.32. The molecule has 2 aromatic rings. The molecule has 0 bridgehead atoms. The maximum absolute atomic E-state index is 14.6. The lowest BCUT2D eigenvalue weighted by Crippen LogP contribution is -2.59. The van der Waals surface area contributed by atoms with E-state index in [9.17, 15) is 18.4 Å². The number of hydrogen-bond acceptors (Lipinski definition) is 3. The molecule has 2 aliphatic rings. The number of hydrogen-bond donors (Lipinski definition) is 1. The van der Waals surface area contributed by atoms with Crippen molar-refractivity contribution >= 4 is 29.2 Å². The topological polar surface area (TPSA) is 61.9 Å². The van der Waals surface area contributed by atoms with Crippen molar-refractivity contribution in [3.8, 4) is 11.5 Å². The van der Waals surface area contributed by atoms with Crippen LogP contribution in [0.3, 0.4) is 0 Å². The molecule has 0 aromatic heterocycles. The van der Waals surface area contributed by atoms with Crippen LogP contribution in [0.2, 0.25) is 5.02 Å². The molecule has 1 saturated heterocycles. The van der Waals surface area contributed by atoms with E-state index < -0.39 is 23.6 Å². The number of benzene rings is 2. The number of amides is 3. The molecule has 2 heterocycles. The Morgan fingerprint density at radius 3 is 2.70 bits per heavy atom. The second-order valence-electron chi connectivity index (χ2n) is 7.50. The number of anilines is 1. The van der Waals surface area contributed by atoms with Gasteiger partial charge in [0.15, 0.2) is 11.6 Å². The Balaban J connectivity index is 1.64. The zero-order valence-corrected chi connectivity index (χ0v) is 17.2. The quantitative estimate of drug-likeness (QED) is 0.789. The molecule has 2 aliphatic heterocycles. The fourth-order valence-corrected chi connectivity index (χ4v) is 3.85. The smallest absolute Gasteiger partial charge is 0.318 e. The first-order valence-corrected chi connectivity index (χ1v) is 9.93. The van der Waals surface area contributed by atoms with Crippen molar-refractivity contribution in [1.29, 1.82) is 0 Å². The summed E-state index contributed by atoms with van der Waals surface area (Å²) < 4.78 is 33.8. The van der Waals surface area contributed by atoms with Gasteiger partial charge in [0, 0.05) is 32.1 Å². The molecule has 9 heteroatoms. The van der Waals surface area contributed by atoms with Crippen LogP contribution in [0.1, 0.15) is 18.9 Å². The largest absolute Gasteiger partial charge is 0.450 e. The Kier molecular flexibility index (Phi) is 5.27. The second kappa shape index (κ2) is 7.75. The fraction of sp³-hybridized carbons (Fsp3) is 0.333. The number of likely N-dealkylation sites (tertiary alicyclic amines) is 1. The molecular formula is C21H20ClF2N3O3. The number of rotatable bonds is 3. The molecule has 0 aliphatic carbocycles. The summed E-state index contributed by atoms with van der Waals surface area (Å²) in [6.45, 7) is 2.59. The number of fused-ring (bicyclic) bond motifs is 1. The summed E-state index contributed by atoms with van der Waals surface area (Å²) in [7, 11) is 1.48. The molecule has 0 unspecified atom stereocenters. The Hall–Kier alpha value is -2.87. The van der Waals surface area contributed by atoms with Crippen molar-refractivity contribution in [2.45, 2.75) is 31.8 Å². The first-order valence-electron chi connectivity index (χ1n) is 9.55. The van der Waals surface area contributed by atoms with Crippen LogP contribution in [0.4, 0.5) is 19.3 Å². The van der Waals surface area contributed by atoms with Gasteiger partial charge in [-0.05, 0) is 37.1 Å². The minimum atomic E-state index is -0.779. The third-order valence-corrected chi connectivity index (χ3v) is 5.85. The number of urea groups is 1. The van der Waals surface area contributed by atoms with E-state index in [4.69, 9.17) is 16.3 Å². The zero-order valence-electron chi connectivity index (χ0n) is 16.4. The highest BCUT2D eigenvalue weighted by Crippen LogP contribution is 2.42. The summed E-state index contributed by atoms with van der Waals surface area (Å²) in [5.41, 5.74) is 0.839. The lowest BCUT2D eigenvalue weighted by atomic mass is 9.96. The summed E-state index contributed by atoms with van der Waals surface area (Å²) in [6.07, 6.45) is 1.11. The number of ether oxygens (including phenoxy) is 1. The van der Waals surface area contributed by atoms with Gasteiger partial charge in [0.1, 0.15) is 17.6 Å². The number of halogens is 3. The Morgan fingerprint density at radius 2 is 2.03 bits per heavy atom. The van der Waals surface area contributed by atoms with Crippen LogP contribution in [-0.4, -0.2) is 42.5 Å². The van der Waals surface area contributed by atoms with E-state index in [0.717, 1.165) is 18.6 Å². The average molecular weight is 436 g/mol. The van der Waals surface area contributed by atoms with Gasteiger partial charge in [0.2, 0.25) is 5.91 Å². The van der Waals surface area contributed by atoms with Gasteiger partial charge in [-0.1, -0.05) is 17.7 Å². The van der Waals surface area contributed by atoms with E-state index >= 15 is 0 Å². The molecule has 30 heavy (non-hydrogen) atoms. The van der Waals surface area contributed by atoms with Crippen molar-refractivity contribution in [3.05, 3.63) is 52.6 Å². The number of carbonyl (C=O) groups excluding carboxylic acids is 2. The first kappa shape index (κ1) is 20.4. The standard InChI is InChI=1S/C21H20ClF2N3O3/c1-11-7-8-27(11)21(29)25-16-9-12-3-6-15(24)19(18(12)26(2)20(16)28)30-17-10-13(23)4-5-14(17)22/h3-6,10-11,16H,7-9H2,1-2H3,(H,25,29)/t11-,16-/m1/s1. The lowest BCUT2D eigenvalue weighted by molar-refractivity contribution is -0.120. The molecular weight excluding hydrogens is 416 g/mol. The monoisotopic (exact) mass is 435 g/mol. The van der Waals surface area contributed by atoms with Crippen molar-refractivity contribution in [2.75, 3.05) is 18.5 Å². The van der Waals surface area contributed by atoms with Crippen LogP contribution in [0.5, 0.6) is 11.5 Å². The first-order chi connectivity index (χ1) is 14.3. The summed E-state index contributed by atoms with van der Waals surface area (Å²) >= 11 is 6.04. The van der Waals surface area contributed by atoms with Crippen LogP contribution in [0.25, 0.3) is 0 Å². The SMILES string of the molecule is C[C@@H]1CCN1C(=O)N[C@@H]1Cc2ccc(F)c(Oc3cc(F)ccc3Cl)c2N(C)C1=O. The predicted octanol–water partition coefficient (Wildman–Crippen LogP) is 4.10. The Morgan fingerprint density at radius 1 is 1.27 bits per heavy atom. The minimum Gasteiger partial charge on any atom is -0.450 e. The molecule has 0 radical (unpaired) electrons. The van der Waals surface area contributed by atoms with E-state index in [1.807, 2.05) is 6.92 Å². The van der Waals surface area contributed by atoms with Crippen LogP contribution in [0.15, 0.2) is 30.3 Å². The van der Waals surface area contributed by atoms with Gasteiger partial charge < -0.3 is 19.9 Å². The molecule has 3 amide bonds. The molecule has 1 fully saturated rings. The maximum atomic E-state index is 14.6. The Labute approximate surface area is 177 Å². The van der Waals surface area contributed by atoms with Crippen molar-refractivity contribution in [1.82, 2.24) is 10.2 Å². The van der Waals surface area contributed by atoms with Gasteiger partial charge >= 0.3 is 6.03 Å². The van der Waals surface area contributed by atoms with E-state index in [2.05, 4.69) is 5.32 Å². The normalized spacial score (nSPS) is 20.5. The van der Waals surface area contributed by atoms with Crippen molar-refractivity contribution in [3.63, 3.8) is 0 Å². The van der Waals surface area contributed by atoms with Gasteiger partial charge in [-0.3, -0.25) is 4.79 Å². The van der Waals surface area contributed by atoms with Gasteiger partial charge in [0.05, 0.1) is 10.7 Å². The number of nitrogens with one attached hydrogen (secondary N) is 1. The summed E-state index contributed by atoms with van der Waals surface area (Å²) in [4.78, 5) is 28.2. The van der Waals surface area contributed by atoms with Gasteiger partial charge in [-0.25, -0.2) is 13.6 Å². The Bertz CT molecular complexity index is 1030. The summed E-state index contributed by atoms with van der Waals surface area (Å²) in [5.74, 6) is -1.99. The van der Waals surface area contributed by atoms with Crippen LogP contribution < -0.4 is 15.0 Å². The molecule has 2 atom stereocenters. The third-order valence-electron chi connectivity index (χ3n) is 5.54. The van der Waals surface area contributed by atoms with Gasteiger partial charge in [-0.15, -0.1) is 0 Å². The van der Waals surface area contributed by atoms with Gasteiger partial charge in [-0.2, -0.15) is 0 Å². The van der Waals surface area contributed by atoms with E-state index in [1.54, 1.807) is 11.0 Å². The maximum Gasteiger partial charge on any atom is 0.318 e. The molecule has 1 N–H and O–H groups in total. The number of likely N-dealkylation sites (N-methyl/N-ethyl adjacent to an activating group) is 1.